The van der Waals surface area contributed by atoms with Crippen molar-refractivity contribution in [2.75, 3.05) is 0 Å². The lowest BCUT2D eigenvalue weighted by Gasteiger charge is -2.04. The fraction of sp³-hybridized carbons (Fsp3) is 0. The summed E-state index contributed by atoms with van der Waals surface area (Å²) in [5.41, 5.74) is -0.571. The monoisotopic (exact) mass is 264 g/mol. The Labute approximate surface area is 92.7 Å². The maximum atomic E-state index is 10.7. The van der Waals surface area contributed by atoms with Gasteiger partial charge in [0.15, 0.2) is 10.7 Å². The minimum atomic E-state index is -4.79. The van der Waals surface area contributed by atoms with Crippen molar-refractivity contribution in [3.8, 4) is 5.75 Å². The van der Waals surface area contributed by atoms with Gasteiger partial charge in [-0.2, -0.15) is 4.21 Å². The van der Waals surface area contributed by atoms with Gasteiger partial charge in [0.05, 0.1) is 6.07 Å². The van der Waals surface area contributed by atoms with Crippen LogP contribution >= 0.6 is 0 Å². The van der Waals surface area contributed by atoms with Crippen LogP contribution in [0.2, 0.25) is 0 Å². The molecule has 86 valence electrons. The number of rotatable bonds is 3. The highest BCUT2D eigenvalue weighted by Crippen LogP contribution is 2.28. The van der Waals surface area contributed by atoms with Crippen molar-refractivity contribution in [3.63, 3.8) is 0 Å². The van der Waals surface area contributed by atoms with Crippen LogP contribution in [0, 0.1) is 5.39 Å². The van der Waals surface area contributed by atoms with Crippen molar-refractivity contribution < 1.29 is 25.9 Å². The van der Waals surface area contributed by atoms with E-state index in [1.807, 2.05) is 0 Å². The van der Waals surface area contributed by atoms with E-state index in [-0.39, 0.29) is 5.75 Å². The molecule has 0 aliphatic carbocycles. The van der Waals surface area contributed by atoms with E-state index >= 15 is 0 Å². The lowest BCUT2D eigenvalue weighted by molar-refractivity contribution is 0.458. The van der Waals surface area contributed by atoms with E-state index in [1.165, 1.54) is 0 Å². The summed E-state index contributed by atoms with van der Waals surface area (Å²) in [6.45, 7) is 0. The second kappa shape index (κ2) is 4.54. The van der Waals surface area contributed by atoms with Crippen LogP contribution in [0.4, 0.5) is 5.69 Å². The average Bonchev–Trinajstić information content (AvgIpc) is 2.14. The first-order valence-electron chi connectivity index (χ1n) is 3.59. The van der Waals surface area contributed by atoms with E-state index in [4.69, 9.17) is 9.95 Å². The summed E-state index contributed by atoms with van der Waals surface area (Å²) in [7, 11) is -4.79. The highest BCUT2D eigenvalue weighted by molar-refractivity contribution is 7.86. The Balaban J connectivity index is 3.29. The van der Waals surface area contributed by atoms with Crippen LogP contribution in [0.1, 0.15) is 0 Å². The molecule has 0 amide bonds. The van der Waals surface area contributed by atoms with Gasteiger partial charge in [-0.25, -0.2) is 8.42 Å². The predicted octanol–water partition coefficient (Wildman–Crippen LogP) is 0.591. The lowest BCUT2D eigenvalue weighted by atomic mass is 10.3. The van der Waals surface area contributed by atoms with Crippen LogP contribution in [0.15, 0.2) is 23.1 Å². The Hall–Kier alpha value is -1.54. The number of benzene rings is 1. The standard InChI is InChI=1S/C6H4N2O6S2/c7-8-5-3-4(14-15(9)10)1-2-6(5)16(11,12)13/h1-3H,(H-,9,10,11,12,13). The summed E-state index contributed by atoms with van der Waals surface area (Å²) in [6.07, 6.45) is 0. The van der Waals surface area contributed by atoms with E-state index < -0.39 is 32.1 Å². The highest BCUT2D eigenvalue weighted by atomic mass is 32.2. The molecule has 0 aromatic heterocycles. The molecule has 0 aliphatic heterocycles. The third-order valence-electron chi connectivity index (χ3n) is 1.47. The van der Waals surface area contributed by atoms with Crippen molar-refractivity contribution in [1.29, 1.82) is 5.39 Å². The number of nitrogens with zero attached hydrogens (tertiary/aromatic N) is 2. The first kappa shape index (κ1) is 12.5. The second-order valence-corrected chi connectivity index (χ2v) is 4.43. The summed E-state index contributed by atoms with van der Waals surface area (Å²) in [4.78, 5) is 1.81. The lowest BCUT2D eigenvalue weighted by Crippen LogP contribution is -2.00. The topological polar surface area (TPSA) is 132 Å². The quantitative estimate of drug-likeness (QED) is 0.480. The van der Waals surface area contributed by atoms with Crippen molar-refractivity contribution in [2.24, 2.45) is 0 Å². The largest absolute Gasteiger partial charge is 0.744 e. The molecule has 0 spiro atoms. The van der Waals surface area contributed by atoms with Crippen LogP contribution in [0.25, 0.3) is 4.98 Å². The van der Waals surface area contributed by atoms with Crippen molar-refractivity contribution in [3.05, 3.63) is 23.2 Å². The molecule has 0 fully saturated rings. The summed E-state index contributed by atoms with van der Waals surface area (Å²) in [5.74, 6) is -0.221. The third-order valence-corrected chi connectivity index (χ3v) is 2.69. The zero-order valence-corrected chi connectivity index (χ0v) is 9.06. The molecule has 1 aromatic rings. The molecule has 1 aromatic carbocycles. The van der Waals surface area contributed by atoms with E-state index in [9.17, 15) is 17.2 Å². The third kappa shape index (κ3) is 2.97. The van der Waals surface area contributed by atoms with Gasteiger partial charge >= 0.3 is 17.0 Å². The minimum absolute atomic E-state index is 0.221. The van der Waals surface area contributed by atoms with Gasteiger partial charge < -0.3 is 8.74 Å². The summed E-state index contributed by atoms with van der Waals surface area (Å²) in [5, 5.41) is 8.47. The molecule has 16 heavy (non-hydrogen) atoms. The van der Waals surface area contributed by atoms with Crippen LogP contribution < -0.4 is 4.18 Å². The molecule has 0 heterocycles. The van der Waals surface area contributed by atoms with Gasteiger partial charge in [-0.05, 0) is 12.1 Å². The van der Waals surface area contributed by atoms with E-state index in [0.29, 0.717) is 0 Å². The molecule has 1 atom stereocenters. The minimum Gasteiger partial charge on any atom is -0.744 e. The Bertz CT molecular complexity index is 575. The Morgan fingerprint density at radius 2 is 2.12 bits per heavy atom. The van der Waals surface area contributed by atoms with Crippen LogP contribution in [-0.2, 0) is 21.5 Å². The second-order valence-electron chi connectivity index (χ2n) is 2.48. The van der Waals surface area contributed by atoms with E-state index in [1.54, 1.807) is 0 Å². The average molecular weight is 264 g/mol. The summed E-state index contributed by atoms with van der Waals surface area (Å²) >= 11 is -2.61. The molecule has 0 saturated carbocycles. The Kier molecular flexibility index (Phi) is 3.55. The van der Waals surface area contributed by atoms with Crippen molar-refractivity contribution in [2.45, 2.75) is 4.90 Å². The van der Waals surface area contributed by atoms with E-state index in [0.717, 1.165) is 18.2 Å². The molecule has 1 rings (SSSR count). The molecule has 1 unspecified atom stereocenters. The highest BCUT2D eigenvalue weighted by Gasteiger charge is 2.20. The van der Waals surface area contributed by atoms with E-state index in [2.05, 4.69) is 9.16 Å². The number of hydrogen-bond donors (Lipinski definition) is 1. The molecule has 1 N–H and O–H groups in total. The zero-order valence-electron chi connectivity index (χ0n) is 7.43. The van der Waals surface area contributed by atoms with Gasteiger partial charge in [0, 0.05) is 0 Å². The fourth-order valence-corrected chi connectivity index (χ4v) is 1.78. The van der Waals surface area contributed by atoms with Crippen molar-refractivity contribution in [1.82, 2.24) is 0 Å². The van der Waals surface area contributed by atoms with Crippen LogP contribution in [0.3, 0.4) is 0 Å². The molecule has 0 radical (unpaired) electrons. The number of hydrogen-bond acceptors (Lipinski definition) is 6. The molecule has 8 nitrogen and oxygen atoms in total. The van der Waals surface area contributed by atoms with Crippen LogP contribution in [0.5, 0.6) is 5.75 Å². The summed E-state index contributed by atoms with van der Waals surface area (Å²) in [6, 6.07) is 2.62. The first-order chi connectivity index (χ1) is 7.34. The summed E-state index contributed by atoms with van der Waals surface area (Å²) < 4.78 is 54.9. The molecule has 0 bridgehead atoms. The van der Waals surface area contributed by atoms with Gasteiger partial charge in [-0.3, -0.25) is 4.55 Å². The van der Waals surface area contributed by atoms with Gasteiger partial charge in [0.25, 0.3) is 0 Å². The fourth-order valence-electron chi connectivity index (χ4n) is 0.921. The molecular weight excluding hydrogens is 260 g/mol. The van der Waals surface area contributed by atoms with Gasteiger partial charge in [0.2, 0.25) is 5.39 Å². The normalized spacial score (nSPS) is 12.8. The van der Waals surface area contributed by atoms with Gasteiger partial charge in [-0.15, -0.1) is 0 Å². The van der Waals surface area contributed by atoms with Gasteiger partial charge in [0.1, 0.15) is 15.0 Å². The maximum Gasteiger partial charge on any atom is 0.406 e. The number of diazo groups is 1. The Morgan fingerprint density at radius 3 is 2.56 bits per heavy atom. The Morgan fingerprint density at radius 1 is 1.50 bits per heavy atom. The molecule has 10 heteroatoms. The van der Waals surface area contributed by atoms with Gasteiger partial charge in [-0.1, -0.05) is 0 Å². The molecule has 0 aliphatic rings. The SMILES string of the molecule is N#[N+]c1cc(OS(=O)O)ccc1S(=O)(=O)[O-]. The van der Waals surface area contributed by atoms with Crippen molar-refractivity contribution >= 4 is 27.2 Å². The molecular formula is C6H4N2O6S2. The molecule has 0 saturated heterocycles. The predicted molar refractivity (Wildman–Crippen MR) is 50.5 cm³/mol. The maximum absolute atomic E-state index is 10.7. The first-order valence-corrected chi connectivity index (χ1v) is 6.03. The zero-order chi connectivity index (χ0) is 12.3. The smallest absolute Gasteiger partial charge is 0.406 e. The van der Waals surface area contributed by atoms with Crippen LogP contribution in [-0.4, -0.2) is 21.7 Å².